The number of aromatic nitrogens is 1. The Balaban J connectivity index is 0.000000189. The number of fused-ring (bicyclic) bond motifs is 1. The molecule has 2 heterocycles. The Labute approximate surface area is 214 Å². The van der Waals surface area contributed by atoms with Gasteiger partial charge in [-0.25, -0.2) is 4.31 Å². The Kier molecular flexibility index (Phi) is 8.71. The van der Waals surface area contributed by atoms with E-state index < -0.39 is 5.91 Å². The molecule has 1 amide bonds. The summed E-state index contributed by atoms with van der Waals surface area (Å²) in [6.07, 6.45) is 2.25. The smallest absolute Gasteiger partial charge is 0.265 e. The van der Waals surface area contributed by atoms with Crippen LogP contribution in [0.25, 0.3) is 22.0 Å². The maximum Gasteiger partial charge on any atom is 0.265 e. The first-order chi connectivity index (χ1) is 17.0. The SMILES string of the molecule is CSN1CCOC(COc2ccc(-c3ccccc3)cc2)C1.NC(=O)c1cc2cc(Cl)ccc2[nH]1. The molecule has 4 aromatic rings. The summed E-state index contributed by atoms with van der Waals surface area (Å²) in [5, 5.41) is 1.53. The summed E-state index contributed by atoms with van der Waals surface area (Å²) < 4.78 is 13.9. The normalized spacial score (nSPS) is 15.9. The van der Waals surface area contributed by atoms with Crippen molar-refractivity contribution in [3.63, 3.8) is 0 Å². The first-order valence-electron chi connectivity index (χ1n) is 11.3. The highest BCUT2D eigenvalue weighted by atomic mass is 35.5. The molecule has 0 bridgehead atoms. The predicted molar refractivity (Wildman–Crippen MR) is 144 cm³/mol. The third kappa shape index (κ3) is 7.02. The summed E-state index contributed by atoms with van der Waals surface area (Å²) in [7, 11) is 0. The minimum absolute atomic E-state index is 0.148. The van der Waals surface area contributed by atoms with Crippen molar-refractivity contribution in [2.75, 3.05) is 32.6 Å². The lowest BCUT2D eigenvalue weighted by atomic mass is 10.1. The van der Waals surface area contributed by atoms with Gasteiger partial charge in [-0.3, -0.25) is 4.79 Å². The quantitative estimate of drug-likeness (QED) is 0.329. The predicted octanol–water partition coefficient (Wildman–Crippen LogP) is 5.63. The van der Waals surface area contributed by atoms with Gasteiger partial charge in [0.1, 0.15) is 24.2 Å². The fraction of sp³-hybridized carbons (Fsp3) is 0.222. The Morgan fingerprint density at radius 1 is 1.11 bits per heavy atom. The fourth-order valence-electron chi connectivity index (χ4n) is 3.76. The van der Waals surface area contributed by atoms with Crippen LogP contribution in [0.2, 0.25) is 5.02 Å². The van der Waals surface area contributed by atoms with Gasteiger partial charge in [-0.05, 0) is 53.8 Å². The number of nitrogens with zero attached hydrogens (tertiary/aromatic N) is 1. The van der Waals surface area contributed by atoms with Gasteiger partial charge in [0.25, 0.3) is 5.91 Å². The van der Waals surface area contributed by atoms with Crippen LogP contribution in [0, 0.1) is 0 Å². The number of benzene rings is 3. The summed E-state index contributed by atoms with van der Waals surface area (Å²) in [4.78, 5) is 13.7. The molecule has 182 valence electrons. The number of morpholine rings is 1. The third-order valence-electron chi connectivity index (χ3n) is 5.61. The zero-order valence-electron chi connectivity index (χ0n) is 19.4. The molecule has 1 aliphatic heterocycles. The minimum Gasteiger partial charge on any atom is -0.491 e. The number of hydrogen-bond acceptors (Lipinski definition) is 5. The van der Waals surface area contributed by atoms with Gasteiger partial charge in [0.05, 0.1) is 6.61 Å². The molecule has 3 N–H and O–H groups in total. The first kappa shape index (κ1) is 25.1. The molecule has 0 saturated carbocycles. The highest BCUT2D eigenvalue weighted by molar-refractivity contribution is 7.96. The van der Waals surface area contributed by atoms with E-state index in [1.54, 1.807) is 30.1 Å². The van der Waals surface area contributed by atoms with Crippen molar-refractivity contribution in [3.05, 3.63) is 89.6 Å². The number of rotatable bonds is 6. The Hall–Kier alpha value is -2.97. The first-order valence-corrected chi connectivity index (χ1v) is 12.8. The summed E-state index contributed by atoms with van der Waals surface area (Å²) in [5.41, 5.74) is 8.80. The molecule has 0 radical (unpaired) electrons. The number of primary amides is 1. The van der Waals surface area contributed by atoms with Crippen LogP contribution in [-0.2, 0) is 4.74 Å². The summed E-state index contributed by atoms with van der Waals surface area (Å²) in [5.74, 6) is 0.428. The number of nitrogens with two attached hydrogens (primary N) is 1. The second-order valence-corrected chi connectivity index (χ2v) is 9.36. The molecule has 5 rings (SSSR count). The second kappa shape index (κ2) is 12.1. The molecule has 1 atom stereocenters. The van der Waals surface area contributed by atoms with Crippen LogP contribution in [0.1, 0.15) is 10.5 Å². The molecule has 8 heteroatoms. The fourth-order valence-corrected chi connectivity index (χ4v) is 4.51. The van der Waals surface area contributed by atoms with Gasteiger partial charge >= 0.3 is 0 Å². The van der Waals surface area contributed by atoms with Crippen LogP contribution < -0.4 is 10.5 Å². The van der Waals surface area contributed by atoms with Gasteiger partial charge in [0, 0.05) is 29.0 Å². The van der Waals surface area contributed by atoms with Gasteiger partial charge in [-0.1, -0.05) is 66.0 Å². The van der Waals surface area contributed by atoms with Crippen LogP contribution >= 0.6 is 23.5 Å². The molecule has 1 fully saturated rings. The zero-order valence-corrected chi connectivity index (χ0v) is 21.0. The number of carbonyl (C=O) groups is 1. The molecular formula is C27H28ClN3O3S. The van der Waals surface area contributed by atoms with Crippen molar-refractivity contribution >= 4 is 40.4 Å². The topological polar surface area (TPSA) is 80.6 Å². The van der Waals surface area contributed by atoms with E-state index in [4.69, 9.17) is 26.8 Å². The maximum absolute atomic E-state index is 10.8. The van der Waals surface area contributed by atoms with Crippen LogP contribution in [0.4, 0.5) is 0 Å². The van der Waals surface area contributed by atoms with Crippen LogP contribution in [-0.4, -0.2) is 53.9 Å². The number of H-pyrrole nitrogens is 1. The average molecular weight is 510 g/mol. The van der Waals surface area contributed by atoms with Gasteiger partial charge in [0.2, 0.25) is 0 Å². The molecule has 1 aliphatic rings. The van der Waals surface area contributed by atoms with Crippen molar-refractivity contribution in [1.29, 1.82) is 0 Å². The highest BCUT2D eigenvalue weighted by Gasteiger charge is 2.20. The minimum atomic E-state index is -0.465. The zero-order chi connectivity index (χ0) is 24.6. The van der Waals surface area contributed by atoms with E-state index in [1.165, 1.54) is 11.1 Å². The number of amides is 1. The molecule has 0 spiro atoms. The highest BCUT2D eigenvalue weighted by Crippen LogP contribution is 2.23. The van der Waals surface area contributed by atoms with E-state index in [2.05, 4.69) is 51.9 Å². The number of carbonyl (C=O) groups excluding carboxylic acids is 1. The Morgan fingerprint density at radius 3 is 2.57 bits per heavy atom. The molecular weight excluding hydrogens is 482 g/mol. The van der Waals surface area contributed by atoms with Crippen molar-refractivity contribution in [3.8, 4) is 16.9 Å². The largest absolute Gasteiger partial charge is 0.491 e. The molecule has 1 unspecified atom stereocenters. The third-order valence-corrected chi connectivity index (χ3v) is 6.69. The van der Waals surface area contributed by atoms with Crippen molar-refractivity contribution in [1.82, 2.24) is 9.29 Å². The molecule has 3 aromatic carbocycles. The van der Waals surface area contributed by atoms with Gasteiger partial charge < -0.3 is 20.2 Å². The number of halogens is 1. The monoisotopic (exact) mass is 509 g/mol. The number of ether oxygens (including phenoxy) is 2. The molecule has 0 aliphatic carbocycles. The average Bonchev–Trinajstić information content (AvgIpc) is 3.33. The number of hydrogen-bond donors (Lipinski definition) is 2. The van der Waals surface area contributed by atoms with Gasteiger partial charge in [0.15, 0.2) is 0 Å². The van der Waals surface area contributed by atoms with E-state index in [1.807, 2.05) is 24.3 Å². The number of aromatic amines is 1. The van der Waals surface area contributed by atoms with Crippen molar-refractivity contribution < 1.29 is 14.3 Å². The number of nitrogens with one attached hydrogen (secondary N) is 1. The van der Waals surface area contributed by atoms with E-state index in [0.29, 0.717) is 17.3 Å². The standard InChI is InChI=1S/C18H21NO2S.C9H7ClN2O/c1-22-19-11-12-20-18(13-19)14-21-17-9-7-16(8-10-17)15-5-3-2-4-6-15;10-6-1-2-7-5(3-6)4-8(12-7)9(11)13/h2-10,18H,11-14H2,1H3;1-4,12H,(H2,11,13). The van der Waals surface area contributed by atoms with E-state index >= 15 is 0 Å². The molecule has 35 heavy (non-hydrogen) atoms. The van der Waals surface area contributed by atoms with Crippen LogP contribution in [0.3, 0.4) is 0 Å². The van der Waals surface area contributed by atoms with Gasteiger partial charge in [-0.2, -0.15) is 0 Å². The molecule has 1 aromatic heterocycles. The van der Waals surface area contributed by atoms with Crippen molar-refractivity contribution in [2.45, 2.75) is 6.10 Å². The molecule has 6 nitrogen and oxygen atoms in total. The van der Waals surface area contributed by atoms with Crippen LogP contribution in [0.15, 0.2) is 78.9 Å². The van der Waals surface area contributed by atoms with E-state index in [-0.39, 0.29) is 6.10 Å². The second-order valence-electron chi connectivity index (χ2n) is 8.04. The Morgan fingerprint density at radius 2 is 1.86 bits per heavy atom. The molecule has 1 saturated heterocycles. The maximum atomic E-state index is 10.8. The van der Waals surface area contributed by atoms with E-state index in [0.717, 1.165) is 36.3 Å². The lowest BCUT2D eigenvalue weighted by Crippen LogP contribution is -2.41. The lowest BCUT2D eigenvalue weighted by molar-refractivity contribution is -0.0223. The van der Waals surface area contributed by atoms with E-state index in [9.17, 15) is 4.79 Å². The summed E-state index contributed by atoms with van der Waals surface area (Å²) in [6, 6.07) is 25.6. The van der Waals surface area contributed by atoms with Crippen molar-refractivity contribution in [2.24, 2.45) is 5.73 Å². The lowest BCUT2D eigenvalue weighted by Gasteiger charge is -2.30. The summed E-state index contributed by atoms with van der Waals surface area (Å²) >= 11 is 7.55. The summed E-state index contributed by atoms with van der Waals surface area (Å²) in [6.45, 7) is 3.29. The van der Waals surface area contributed by atoms with Gasteiger partial charge in [-0.15, -0.1) is 0 Å². The van der Waals surface area contributed by atoms with Crippen LogP contribution in [0.5, 0.6) is 5.75 Å². The Bertz CT molecular complexity index is 1250.